The van der Waals surface area contributed by atoms with Gasteiger partial charge in [-0.2, -0.15) is 4.98 Å². The lowest BCUT2D eigenvalue weighted by molar-refractivity contribution is 0.367. The molecular weight excluding hydrogens is 288 g/mol. The Balaban J connectivity index is 1.53. The number of allylic oxidation sites excluding steroid dienone is 1. The summed E-state index contributed by atoms with van der Waals surface area (Å²) < 4.78 is 5.27. The minimum atomic E-state index is 0.499. The zero-order valence-corrected chi connectivity index (χ0v) is 12.2. The Morgan fingerprint density at radius 1 is 1.38 bits per heavy atom. The van der Waals surface area contributed by atoms with Crippen molar-refractivity contribution in [1.29, 1.82) is 0 Å². The molecule has 2 aromatic heterocycles. The van der Waals surface area contributed by atoms with Crippen LogP contribution in [-0.2, 0) is 13.0 Å². The quantitative estimate of drug-likeness (QED) is 0.920. The van der Waals surface area contributed by atoms with E-state index >= 15 is 0 Å². The Hall–Kier alpha value is -1.72. The Morgan fingerprint density at radius 2 is 2.29 bits per heavy atom. The van der Waals surface area contributed by atoms with Crippen molar-refractivity contribution in [1.82, 2.24) is 20.4 Å². The van der Waals surface area contributed by atoms with E-state index in [0.717, 1.165) is 35.7 Å². The summed E-state index contributed by atoms with van der Waals surface area (Å²) in [6, 6.07) is 0. The second-order valence-corrected chi connectivity index (χ2v) is 5.92. The molecule has 2 aliphatic rings. The molecule has 0 saturated heterocycles. The summed E-state index contributed by atoms with van der Waals surface area (Å²) in [5.41, 5.74) is 2.69. The van der Waals surface area contributed by atoms with Crippen LogP contribution in [-0.4, -0.2) is 21.7 Å². The lowest BCUT2D eigenvalue weighted by atomic mass is 10.1. The summed E-state index contributed by atoms with van der Waals surface area (Å²) in [7, 11) is 0. The van der Waals surface area contributed by atoms with Gasteiger partial charge in [0.1, 0.15) is 0 Å². The molecule has 2 aliphatic carbocycles. The molecule has 2 aromatic rings. The van der Waals surface area contributed by atoms with Crippen molar-refractivity contribution in [3.05, 3.63) is 34.4 Å². The summed E-state index contributed by atoms with van der Waals surface area (Å²) in [5, 5.41) is 7.99. The second-order valence-electron chi connectivity index (χ2n) is 5.54. The number of nitrogens with one attached hydrogen (secondary N) is 1. The molecule has 0 amide bonds. The third kappa shape index (κ3) is 2.59. The molecule has 5 nitrogen and oxygen atoms in total. The van der Waals surface area contributed by atoms with Gasteiger partial charge in [-0.25, -0.2) is 0 Å². The highest BCUT2D eigenvalue weighted by molar-refractivity contribution is 6.34. The van der Waals surface area contributed by atoms with E-state index in [2.05, 4.69) is 26.5 Å². The highest BCUT2D eigenvalue weighted by atomic mass is 35.5. The van der Waals surface area contributed by atoms with Gasteiger partial charge in [-0.1, -0.05) is 28.9 Å². The maximum absolute atomic E-state index is 6.42. The largest absolute Gasteiger partial charge is 0.338 e. The van der Waals surface area contributed by atoms with Gasteiger partial charge in [-0.15, -0.1) is 0 Å². The zero-order valence-electron chi connectivity index (χ0n) is 11.5. The van der Waals surface area contributed by atoms with Crippen LogP contribution < -0.4 is 5.32 Å². The van der Waals surface area contributed by atoms with Gasteiger partial charge in [-0.05, 0) is 25.3 Å². The summed E-state index contributed by atoms with van der Waals surface area (Å²) in [6.45, 7) is 1.61. The molecular formula is C15H15ClN4O. The van der Waals surface area contributed by atoms with E-state index in [9.17, 15) is 0 Å². The van der Waals surface area contributed by atoms with Crippen molar-refractivity contribution < 1.29 is 4.52 Å². The van der Waals surface area contributed by atoms with E-state index in [1.165, 1.54) is 12.8 Å². The van der Waals surface area contributed by atoms with E-state index in [-0.39, 0.29) is 0 Å². The first-order valence-electron chi connectivity index (χ1n) is 7.19. The molecule has 0 atom stereocenters. The molecule has 1 N–H and O–H groups in total. The molecule has 0 aliphatic heterocycles. The van der Waals surface area contributed by atoms with Gasteiger partial charge in [0, 0.05) is 18.2 Å². The predicted molar refractivity (Wildman–Crippen MR) is 79.7 cm³/mol. The first-order valence-corrected chi connectivity index (χ1v) is 7.56. The fourth-order valence-electron chi connectivity index (χ4n) is 2.46. The van der Waals surface area contributed by atoms with Crippen molar-refractivity contribution in [3.8, 4) is 11.4 Å². The molecule has 0 aromatic carbocycles. The Kier molecular flexibility index (Phi) is 3.24. The molecule has 0 spiro atoms. The minimum absolute atomic E-state index is 0.499. The number of rotatable bonds is 5. The molecule has 0 unspecified atom stereocenters. The van der Waals surface area contributed by atoms with Gasteiger partial charge in [0.25, 0.3) is 0 Å². The molecule has 0 bridgehead atoms. The molecule has 1 saturated carbocycles. The fourth-order valence-corrected chi connectivity index (χ4v) is 2.76. The first-order chi connectivity index (χ1) is 10.3. The highest BCUT2D eigenvalue weighted by Crippen LogP contribution is 2.33. The maximum Gasteiger partial charge on any atom is 0.240 e. The van der Waals surface area contributed by atoms with Crippen LogP contribution in [0.1, 0.15) is 30.0 Å². The average Bonchev–Trinajstić information content (AvgIpc) is 3.00. The van der Waals surface area contributed by atoms with Gasteiger partial charge in [-0.3, -0.25) is 4.98 Å². The number of pyridine rings is 1. The summed E-state index contributed by atoms with van der Waals surface area (Å²) >= 11 is 6.42. The van der Waals surface area contributed by atoms with Crippen LogP contribution in [0.3, 0.4) is 0 Å². The summed E-state index contributed by atoms with van der Waals surface area (Å²) in [6.07, 6.45) is 9.25. The normalized spacial score (nSPS) is 16.4. The number of aromatic nitrogens is 3. The van der Waals surface area contributed by atoms with E-state index in [0.29, 0.717) is 23.3 Å². The van der Waals surface area contributed by atoms with E-state index in [1.54, 1.807) is 6.20 Å². The lowest BCUT2D eigenvalue weighted by Crippen LogP contribution is -2.16. The van der Waals surface area contributed by atoms with Crippen molar-refractivity contribution in [2.75, 3.05) is 6.54 Å². The average molecular weight is 303 g/mol. The van der Waals surface area contributed by atoms with Crippen LogP contribution in [0.25, 0.3) is 17.5 Å². The van der Waals surface area contributed by atoms with Gasteiger partial charge in [0.15, 0.2) is 0 Å². The molecule has 21 heavy (non-hydrogen) atoms. The van der Waals surface area contributed by atoms with Crippen LogP contribution in [0.5, 0.6) is 0 Å². The third-order valence-corrected chi connectivity index (χ3v) is 4.25. The number of fused-ring (bicyclic) bond motifs is 1. The lowest BCUT2D eigenvalue weighted by Gasteiger charge is -2.04. The Labute approximate surface area is 127 Å². The molecule has 0 radical (unpaired) electrons. The Morgan fingerprint density at radius 3 is 3.14 bits per heavy atom. The SMILES string of the molecule is Clc1c(-c2noc(CNCC3CC3)n2)cnc2c1C=CC2. The van der Waals surface area contributed by atoms with Gasteiger partial charge in [0.05, 0.1) is 22.8 Å². The topological polar surface area (TPSA) is 63.8 Å². The zero-order chi connectivity index (χ0) is 14.2. The molecule has 1 fully saturated rings. The van der Waals surface area contributed by atoms with E-state index < -0.39 is 0 Å². The van der Waals surface area contributed by atoms with Crippen LogP contribution in [0, 0.1) is 5.92 Å². The standard InChI is InChI=1S/C15H15ClN4O/c16-14-10-2-1-3-12(10)18-7-11(14)15-19-13(21-20-15)8-17-6-9-4-5-9/h1-2,7,9,17H,3-6,8H2. The fraction of sp³-hybridized carbons (Fsp3) is 0.400. The van der Waals surface area contributed by atoms with Crippen molar-refractivity contribution in [3.63, 3.8) is 0 Å². The number of nitrogens with zero attached hydrogens (tertiary/aromatic N) is 3. The van der Waals surface area contributed by atoms with Crippen molar-refractivity contribution in [2.24, 2.45) is 5.92 Å². The van der Waals surface area contributed by atoms with Crippen LogP contribution >= 0.6 is 11.6 Å². The smallest absolute Gasteiger partial charge is 0.240 e. The number of halogens is 1. The van der Waals surface area contributed by atoms with Gasteiger partial charge < -0.3 is 9.84 Å². The van der Waals surface area contributed by atoms with Crippen molar-refractivity contribution >= 4 is 17.7 Å². The van der Waals surface area contributed by atoms with E-state index in [4.69, 9.17) is 16.1 Å². The first kappa shape index (κ1) is 13.0. The Bertz CT molecular complexity index is 706. The van der Waals surface area contributed by atoms with Crippen LogP contribution in [0.15, 0.2) is 16.8 Å². The number of hydrogen-bond donors (Lipinski definition) is 1. The van der Waals surface area contributed by atoms with Crippen LogP contribution in [0.4, 0.5) is 0 Å². The van der Waals surface area contributed by atoms with Crippen molar-refractivity contribution in [2.45, 2.75) is 25.8 Å². The second kappa shape index (κ2) is 5.24. The van der Waals surface area contributed by atoms with Gasteiger partial charge >= 0.3 is 0 Å². The van der Waals surface area contributed by atoms with Gasteiger partial charge in [0.2, 0.25) is 11.7 Å². The maximum atomic E-state index is 6.42. The monoisotopic (exact) mass is 302 g/mol. The summed E-state index contributed by atoms with van der Waals surface area (Å²) in [4.78, 5) is 8.81. The molecule has 108 valence electrons. The van der Waals surface area contributed by atoms with Crippen LogP contribution in [0.2, 0.25) is 5.02 Å². The number of hydrogen-bond acceptors (Lipinski definition) is 5. The highest BCUT2D eigenvalue weighted by Gasteiger charge is 2.21. The molecule has 2 heterocycles. The minimum Gasteiger partial charge on any atom is -0.338 e. The summed E-state index contributed by atoms with van der Waals surface area (Å²) in [5.74, 6) is 1.91. The predicted octanol–water partition coefficient (Wildman–Crippen LogP) is 2.85. The van der Waals surface area contributed by atoms with E-state index in [1.807, 2.05) is 6.08 Å². The third-order valence-electron chi connectivity index (χ3n) is 3.84. The molecule has 6 heteroatoms. The molecule has 4 rings (SSSR count).